The predicted molar refractivity (Wildman–Crippen MR) is 72.2 cm³/mol. The first-order valence-electron chi connectivity index (χ1n) is 6.19. The summed E-state index contributed by atoms with van der Waals surface area (Å²) in [6.45, 7) is 2.15. The van der Waals surface area contributed by atoms with Crippen molar-refractivity contribution in [1.29, 1.82) is 5.26 Å². The van der Waals surface area contributed by atoms with Crippen LogP contribution >= 0.6 is 0 Å². The molecular weight excluding hydrogens is 259 g/mol. The van der Waals surface area contributed by atoms with E-state index in [-0.39, 0.29) is 25.1 Å². The van der Waals surface area contributed by atoms with Gasteiger partial charge < -0.3 is 10.0 Å². The molecule has 4 nitrogen and oxygen atoms in total. The Balaban J connectivity index is 2.96. The van der Waals surface area contributed by atoms with Crippen LogP contribution in [0.15, 0.2) is 18.2 Å². The molecule has 0 saturated carbocycles. The molecule has 104 valence electrons. The van der Waals surface area contributed by atoms with E-state index in [4.69, 9.17) is 10.4 Å². The van der Waals surface area contributed by atoms with Gasteiger partial charge in [0.1, 0.15) is 12.4 Å². The smallest absolute Gasteiger partial charge is 0.256 e. The van der Waals surface area contributed by atoms with Crippen molar-refractivity contribution < 1.29 is 14.3 Å². The lowest BCUT2D eigenvalue weighted by Crippen LogP contribution is -2.32. The van der Waals surface area contributed by atoms with Crippen molar-refractivity contribution in [2.24, 2.45) is 0 Å². The van der Waals surface area contributed by atoms with Crippen LogP contribution in [-0.2, 0) is 0 Å². The van der Waals surface area contributed by atoms with E-state index in [0.717, 1.165) is 6.07 Å². The maximum Gasteiger partial charge on any atom is 0.256 e. The van der Waals surface area contributed by atoms with E-state index >= 15 is 0 Å². The van der Waals surface area contributed by atoms with E-state index < -0.39 is 11.7 Å². The van der Waals surface area contributed by atoms with Gasteiger partial charge in [0.05, 0.1) is 18.1 Å². The number of hydrogen-bond donors (Lipinski definition) is 1. The summed E-state index contributed by atoms with van der Waals surface area (Å²) in [4.78, 5) is 13.5. The zero-order valence-corrected chi connectivity index (χ0v) is 11.2. The van der Waals surface area contributed by atoms with Crippen molar-refractivity contribution in [2.45, 2.75) is 13.3 Å². The zero-order valence-electron chi connectivity index (χ0n) is 11.2. The lowest BCUT2D eigenvalue weighted by Gasteiger charge is -2.19. The second kappa shape index (κ2) is 7.93. The van der Waals surface area contributed by atoms with Gasteiger partial charge >= 0.3 is 0 Å². The largest absolute Gasteiger partial charge is 0.384 e. The zero-order chi connectivity index (χ0) is 15.0. The third-order valence-electron chi connectivity index (χ3n) is 2.67. The molecule has 0 fully saturated rings. The quantitative estimate of drug-likeness (QED) is 0.847. The average molecular weight is 274 g/mol. The average Bonchev–Trinajstić information content (AvgIpc) is 2.45. The summed E-state index contributed by atoms with van der Waals surface area (Å²) in [6.07, 6.45) is 0.210. The van der Waals surface area contributed by atoms with Gasteiger partial charge in [-0.25, -0.2) is 4.39 Å². The molecule has 0 aliphatic carbocycles. The Morgan fingerprint density at radius 2 is 2.25 bits per heavy atom. The highest BCUT2D eigenvalue weighted by atomic mass is 19.1. The molecule has 1 rings (SSSR count). The summed E-state index contributed by atoms with van der Waals surface area (Å²) in [5, 5.41) is 17.1. The summed E-state index contributed by atoms with van der Waals surface area (Å²) in [5.41, 5.74) is 0.354. The van der Waals surface area contributed by atoms with Crippen LogP contribution in [0.5, 0.6) is 0 Å². The Morgan fingerprint density at radius 3 is 2.80 bits per heavy atom. The van der Waals surface area contributed by atoms with E-state index in [2.05, 4.69) is 11.8 Å². The Bertz CT molecular complexity index is 582. The molecule has 0 aliphatic heterocycles. The van der Waals surface area contributed by atoms with Crippen LogP contribution in [0, 0.1) is 29.0 Å². The minimum atomic E-state index is -0.657. The monoisotopic (exact) mass is 274 g/mol. The van der Waals surface area contributed by atoms with Gasteiger partial charge in [0, 0.05) is 18.7 Å². The second-order valence-electron chi connectivity index (χ2n) is 3.95. The number of hydrogen-bond acceptors (Lipinski definition) is 3. The van der Waals surface area contributed by atoms with Crippen LogP contribution in [0.4, 0.5) is 4.39 Å². The predicted octanol–water partition coefficient (Wildman–Crippen LogP) is 1.55. The Morgan fingerprint density at radius 1 is 1.50 bits per heavy atom. The van der Waals surface area contributed by atoms with Crippen molar-refractivity contribution in [3.8, 4) is 17.9 Å². The first-order valence-corrected chi connectivity index (χ1v) is 6.19. The first kappa shape index (κ1) is 15.7. The van der Waals surface area contributed by atoms with Gasteiger partial charge in [0.25, 0.3) is 5.91 Å². The van der Waals surface area contributed by atoms with Gasteiger partial charge in [-0.1, -0.05) is 11.8 Å². The summed E-state index contributed by atoms with van der Waals surface area (Å²) in [7, 11) is 0. The maximum absolute atomic E-state index is 13.9. The van der Waals surface area contributed by atoms with Crippen molar-refractivity contribution in [2.75, 3.05) is 19.7 Å². The first-order chi connectivity index (χ1) is 9.63. The molecule has 0 atom stereocenters. The van der Waals surface area contributed by atoms with Crippen LogP contribution in [0.1, 0.15) is 29.3 Å². The molecule has 20 heavy (non-hydrogen) atoms. The van der Waals surface area contributed by atoms with Crippen molar-refractivity contribution in [1.82, 2.24) is 4.90 Å². The molecular formula is C15H15FN2O2. The van der Waals surface area contributed by atoms with Crippen LogP contribution in [-0.4, -0.2) is 35.6 Å². The van der Waals surface area contributed by atoms with Crippen LogP contribution in [0.25, 0.3) is 0 Å². The minimum absolute atomic E-state index is 0.0423. The van der Waals surface area contributed by atoms with Gasteiger partial charge in [0.2, 0.25) is 0 Å². The second-order valence-corrected chi connectivity index (χ2v) is 3.95. The molecule has 0 aliphatic rings. The van der Waals surface area contributed by atoms with E-state index in [1.807, 2.05) is 6.07 Å². The molecule has 1 amide bonds. The number of rotatable bonds is 4. The van der Waals surface area contributed by atoms with Gasteiger partial charge in [-0.3, -0.25) is 4.79 Å². The van der Waals surface area contributed by atoms with Gasteiger partial charge in [-0.2, -0.15) is 5.26 Å². The number of carbonyl (C=O) groups is 1. The molecule has 1 aromatic rings. The number of nitriles is 1. The number of halogens is 1. The number of amides is 1. The highest BCUT2D eigenvalue weighted by Gasteiger charge is 2.17. The normalized spacial score (nSPS) is 9.30. The van der Waals surface area contributed by atoms with E-state index in [1.165, 1.54) is 17.0 Å². The van der Waals surface area contributed by atoms with Crippen LogP contribution < -0.4 is 0 Å². The van der Waals surface area contributed by atoms with E-state index in [9.17, 15) is 9.18 Å². The lowest BCUT2D eigenvalue weighted by molar-refractivity contribution is 0.0763. The lowest BCUT2D eigenvalue weighted by atomic mass is 10.1. The number of benzene rings is 1. The third kappa shape index (κ3) is 4.08. The Kier molecular flexibility index (Phi) is 6.22. The Labute approximate surface area is 117 Å². The molecule has 0 unspecified atom stereocenters. The van der Waals surface area contributed by atoms with E-state index in [1.54, 1.807) is 6.92 Å². The van der Waals surface area contributed by atoms with Gasteiger partial charge in [-0.15, -0.1) is 0 Å². The summed E-state index contributed by atoms with van der Waals surface area (Å²) >= 11 is 0. The van der Waals surface area contributed by atoms with Gasteiger partial charge in [-0.05, 0) is 25.1 Å². The number of carbonyl (C=O) groups excluding carboxylic acids is 1. The highest BCUT2D eigenvalue weighted by Crippen LogP contribution is 2.13. The number of aliphatic hydroxyl groups excluding tert-OH is 1. The highest BCUT2D eigenvalue weighted by molar-refractivity contribution is 5.94. The molecule has 1 N–H and O–H groups in total. The van der Waals surface area contributed by atoms with Crippen LogP contribution in [0.2, 0.25) is 0 Å². The van der Waals surface area contributed by atoms with E-state index in [0.29, 0.717) is 12.1 Å². The molecule has 5 heteroatoms. The SMILES string of the molecule is CCN(CCC#N)C(=O)c1ccc(C#CCO)cc1F. The molecule has 1 aromatic carbocycles. The fourth-order valence-corrected chi connectivity index (χ4v) is 1.67. The topological polar surface area (TPSA) is 64.3 Å². The van der Waals surface area contributed by atoms with Crippen LogP contribution in [0.3, 0.4) is 0 Å². The number of nitrogens with zero attached hydrogens (tertiary/aromatic N) is 2. The maximum atomic E-state index is 13.9. The standard InChI is InChI=1S/C15H15FN2O2/c1-2-18(9-4-8-17)15(20)13-7-6-12(5-3-10-19)11-14(13)16/h6-7,11,19H,2,4,9-10H2,1H3. The molecule has 0 bridgehead atoms. The minimum Gasteiger partial charge on any atom is -0.384 e. The fraction of sp³-hybridized carbons (Fsp3) is 0.333. The molecule has 0 aromatic heterocycles. The summed E-state index contributed by atoms with van der Waals surface area (Å²) < 4.78 is 13.9. The third-order valence-corrected chi connectivity index (χ3v) is 2.67. The van der Waals surface area contributed by atoms with Gasteiger partial charge in [0.15, 0.2) is 0 Å². The summed E-state index contributed by atoms with van der Waals surface area (Å²) in [6, 6.07) is 6.01. The summed E-state index contributed by atoms with van der Waals surface area (Å²) in [5.74, 6) is 3.88. The van der Waals surface area contributed by atoms with Crippen molar-refractivity contribution in [3.05, 3.63) is 35.1 Å². The van der Waals surface area contributed by atoms with Crippen molar-refractivity contribution in [3.63, 3.8) is 0 Å². The molecule has 0 heterocycles. The molecule has 0 saturated heterocycles. The van der Waals surface area contributed by atoms with Crippen molar-refractivity contribution >= 4 is 5.91 Å². The molecule has 0 spiro atoms. The molecule has 0 radical (unpaired) electrons. The number of aliphatic hydroxyl groups is 1. The fourth-order valence-electron chi connectivity index (χ4n) is 1.67. The Hall–Kier alpha value is -2.37.